The predicted octanol–water partition coefficient (Wildman–Crippen LogP) is 1.83. The second-order valence-corrected chi connectivity index (χ2v) is 7.10. The molecule has 0 saturated heterocycles. The monoisotopic (exact) mass is 282 g/mol. The number of rotatable bonds is 5. The van der Waals surface area contributed by atoms with Crippen LogP contribution in [0.2, 0.25) is 0 Å². The third-order valence-electron chi connectivity index (χ3n) is 3.56. The van der Waals surface area contributed by atoms with E-state index in [1.165, 1.54) is 13.4 Å². The molecule has 0 amide bonds. The van der Waals surface area contributed by atoms with E-state index in [9.17, 15) is 13.2 Å². The van der Waals surface area contributed by atoms with Crippen molar-refractivity contribution < 1.29 is 17.9 Å². The SMILES string of the molecule is COC(=O)C1CC1CCc1cccc(S(C)(=O)=O)c1. The summed E-state index contributed by atoms with van der Waals surface area (Å²) in [7, 11) is -1.74. The summed E-state index contributed by atoms with van der Waals surface area (Å²) in [5.41, 5.74) is 0.999. The van der Waals surface area contributed by atoms with Crippen LogP contribution in [0, 0.1) is 11.8 Å². The molecule has 2 rings (SSSR count). The first kappa shape index (κ1) is 14.1. The van der Waals surface area contributed by atoms with Gasteiger partial charge in [-0.05, 0) is 42.9 Å². The van der Waals surface area contributed by atoms with Crippen molar-refractivity contribution in [1.29, 1.82) is 0 Å². The zero-order chi connectivity index (χ0) is 14.0. The Morgan fingerprint density at radius 3 is 2.79 bits per heavy atom. The number of esters is 1. The van der Waals surface area contributed by atoms with Crippen LogP contribution in [0.15, 0.2) is 29.2 Å². The van der Waals surface area contributed by atoms with Crippen LogP contribution >= 0.6 is 0 Å². The van der Waals surface area contributed by atoms with Gasteiger partial charge in [-0.25, -0.2) is 8.42 Å². The summed E-state index contributed by atoms with van der Waals surface area (Å²) in [5.74, 6) is 0.298. The molecule has 1 aromatic rings. The summed E-state index contributed by atoms with van der Waals surface area (Å²) in [6.45, 7) is 0. The first-order valence-corrected chi connectivity index (χ1v) is 8.18. The highest BCUT2D eigenvalue weighted by molar-refractivity contribution is 7.90. The molecule has 1 fully saturated rings. The molecule has 1 aliphatic carbocycles. The Hall–Kier alpha value is -1.36. The number of aryl methyl sites for hydroxylation is 1. The highest BCUT2D eigenvalue weighted by Crippen LogP contribution is 2.42. The predicted molar refractivity (Wildman–Crippen MR) is 71.5 cm³/mol. The lowest BCUT2D eigenvalue weighted by molar-refractivity contribution is -0.142. The van der Waals surface area contributed by atoms with Crippen LogP contribution in [-0.2, 0) is 25.8 Å². The van der Waals surface area contributed by atoms with E-state index in [0.717, 1.165) is 24.8 Å². The van der Waals surface area contributed by atoms with E-state index in [4.69, 9.17) is 4.74 Å². The molecule has 104 valence electrons. The molecule has 0 heterocycles. The maximum absolute atomic E-state index is 11.5. The van der Waals surface area contributed by atoms with Gasteiger partial charge >= 0.3 is 5.97 Å². The van der Waals surface area contributed by atoms with Crippen molar-refractivity contribution in [2.75, 3.05) is 13.4 Å². The van der Waals surface area contributed by atoms with Crippen molar-refractivity contribution in [2.24, 2.45) is 11.8 Å². The topological polar surface area (TPSA) is 60.4 Å². The molecule has 1 saturated carbocycles. The van der Waals surface area contributed by atoms with Gasteiger partial charge in [0.2, 0.25) is 0 Å². The number of methoxy groups -OCH3 is 1. The van der Waals surface area contributed by atoms with Gasteiger partial charge in [0.25, 0.3) is 0 Å². The molecule has 0 aliphatic heterocycles. The van der Waals surface area contributed by atoms with E-state index < -0.39 is 9.84 Å². The molecule has 1 aromatic carbocycles. The normalized spacial score (nSPS) is 22.0. The van der Waals surface area contributed by atoms with E-state index in [2.05, 4.69) is 0 Å². The Labute approximate surface area is 113 Å². The van der Waals surface area contributed by atoms with Crippen molar-refractivity contribution >= 4 is 15.8 Å². The fourth-order valence-electron chi connectivity index (χ4n) is 2.29. The molecule has 0 bridgehead atoms. The number of hydrogen-bond acceptors (Lipinski definition) is 4. The van der Waals surface area contributed by atoms with Gasteiger partial charge in [-0.15, -0.1) is 0 Å². The lowest BCUT2D eigenvalue weighted by Gasteiger charge is -2.04. The third-order valence-corrected chi connectivity index (χ3v) is 4.67. The zero-order valence-electron chi connectivity index (χ0n) is 11.1. The summed E-state index contributed by atoms with van der Waals surface area (Å²) in [6, 6.07) is 7.00. The first-order chi connectivity index (χ1) is 8.91. The van der Waals surface area contributed by atoms with Crippen molar-refractivity contribution in [3.8, 4) is 0 Å². The lowest BCUT2D eigenvalue weighted by Crippen LogP contribution is -2.04. The molecule has 19 heavy (non-hydrogen) atoms. The van der Waals surface area contributed by atoms with Crippen LogP contribution < -0.4 is 0 Å². The van der Waals surface area contributed by atoms with Gasteiger partial charge in [0.15, 0.2) is 9.84 Å². The third kappa shape index (κ3) is 3.56. The maximum Gasteiger partial charge on any atom is 0.308 e. The number of ether oxygens (including phenoxy) is 1. The molecule has 2 unspecified atom stereocenters. The van der Waals surface area contributed by atoms with Gasteiger partial charge in [-0.1, -0.05) is 12.1 Å². The standard InChI is InChI=1S/C14H18O4S/c1-18-14(15)13-9-11(13)7-6-10-4-3-5-12(8-10)19(2,16)17/h3-5,8,11,13H,6-7,9H2,1-2H3. The summed E-state index contributed by atoms with van der Waals surface area (Å²) >= 11 is 0. The molecule has 0 radical (unpaired) electrons. The Morgan fingerprint density at radius 1 is 1.42 bits per heavy atom. The van der Waals surface area contributed by atoms with Gasteiger partial charge in [0, 0.05) is 6.26 Å². The van der Waals surface area contributed by atoms with Crippen LogP contribution in [0.1, 0.15) is 18.4 Å². The Bertz CT molecular complexity index is 577. The fraction of sp³-hybridized carbons (Fsp3) is 0.500. The smallest absolute Gasteiger partial charge is 0.308 e. The average Bonchev–Trinajstić information content (AvgIpc) is 3.14. The van der Waals surface area contributed by atoms with E-state index in [-0.39, 0.29) is 11.9 Å². The lowest BCUT2D eigenvalue weighted by atomic mass is 10.1. The van der Waals surface area contributed by atoms with Gasteiger partial charge in [0.05, 0.1) is 17.9 Å². The molecule has 5 heteroatoms. The van der Waals surface area contributed by atoms with Crippen LogP contribution in [0.5, 0.6) is 0 Å². The highest BCUT2D eigenvalue weighted by Gasteiger charge is 2.43. The van der Waals surface area contributed by atoms with Crippen LogP contribution in [0.3, 0.4) is 0 Å². The molecule has 0 spiro atoms. The minimum absolute atomic E-state index is 0.0445. The Kier molecular flexibility index (Phi) is 3.94. The largest absolute Gasteiger partial charge is 0.469 e. The minimum Gasteiger partial charge on any atom is -0.469 e. The van der Waals surface area contributed by atoms with Crippen molar-refractivity contribution in [3.63, 3.8) is 0 Å². The number of carbonyl (C=O) groups is 1. The summed E-state index contributed by atoms with van der Waals surface area (Å²) < 4.78 is 27.6. The number of carbonyl (C=O) groups excluding carboxylic acids is 1. The van der Waals surface area contributed by atoms with Crippen LogP contribution in [0.25, 0.3) is 0 Å². The molecule has 1 aliphatic rings. The van der Waals surface area contributed by atoms with E-state index in [0.29, 0.717) is 10.8 Å². The van der Waals surface area contributed by atoms with Crippen molar-refractivity contribution in [2.45, 2.75) is 24.2 Å². The van der Waals surface area contributed by atoms with E-state index >= 15 is 0 Å². The second kappa shape index (κ2) is 5.33. The molecular formula is C14H18O4S. The molecule has 0 N–H and O–H groups in total. The van der Waals surface area contributed by atoms with Crippen molar-refractivity contribution in [1.82, 2.24) is 0 Å². The minimum atomic E-state index is -3.15. The molecule has 2 atom stereocenters. The zero-order valence-corrected chi connectivity index (χ0v) is 11.9. The summed E-state index contributed by atoms with van der Waals surface area (Å²) in [5, 5.41) is 0. The molecule has 4 nitrogen and oxygen atoms in total. The average molecular weight is 282 g/mol. The highest BCUT2D eigenvalue weighted by atomic mass is 32.2. The second-order valence-electron chi connectivity index (χ2n) is 5.08. The Morgan fingerprint density at radius 2 is 2.16 bits per heavy atom. The summed E-state index contributed by atoms with van der Waals surface area (Å²) in [6.07, 6.45) is 3.78. The summed E-state index contributed by atoms with van der Waals surface area (Å²) in [4.78, 5) is 11.6. The number of hydrogen-bond donors (Lipinski definition) is 0. The number of benzene rings is 1. The van der Waals surface area contributed by atoms with Gasteiger partial charge in [-0.2, -0.15) is 0 Å². The van der Waals surface area contributed by atoms with Gasteiger partial charge in [0.1, 0.15) is 0 Å². The quantitative estimate of drug-likeness (QED) is 0.773. The molecule has 0 aromatic heterocycles. The van der Waals surface area contributed by atoms with Crippen molar-refractivity contribution in [3.05, 3.63) is 29.8 Å². The Balaban J connectivity index is 1.93. The first-order valence-electron chi connectivity index (χ1n) is 6.28. The number of sulfone groups is 1. The maximum atomic E-state index is 11.5. The fourth-order valence-corrected chi connectivity index (χ4v) is 2.98. The van der Waals surface area contributed by atoms with Crippen LogP contribution in [0.4, 0.5) is 0 Å². The van der Waals surface area contributed by atoms with Crippen LogP contribution in [-0.4, -0.2) is 27.8 Å². The van der Waals surface area contributed by atoms with Gasteiger partial charge < -0.3 is 4.74 Å². The van der Waals surface area contributed by atoms with E-state index in [1.54, 1.807) is 18.2 Å². The van der Waals surface area contributed by atoms with E-state index in [1.807, 2.05) is 6.07 Å². The van der Waals surface area contributed by atoms with Gasteiger partial charge in [-0.3, -0.25) is 4.79 Å². The molecular weight excluding hydrogens is 264 g/mol.